The van der Waals surface area contributed by atoms with Gasteiger partial charge in [-0.05, 0) is 37.2 Å². The zero-order valence-electron chi connectivity index (χ0n) is 14.1. The fourth-order valence-electron chi connectivity index (χ4n) is 2.54. The van der Waals surface area contributed by atoms with Crippen molar-refractivity contribution in [2.24, 2.45) is 0 Å². The van der Waals surface area contributed by atoms with E-state index >= 15 is 0 Å². The van der Waals surface area contributed by atoms with Gasteiger partial charge in [0.05, 0.1) is 5.56 Å². The first-order valence-electron chi connectivity index (χ1n) is 7.22. The van der Waals surface area contributed by atoms with Gasteiger partial charge in [-0.25, -0.2) is 0 Å². The summed E-state index contributed by atoms with van der Waals surface area (Å²) in [5.74, 6) is -0.789. The van der Waals surface area contributed by atoms with Crippen molar-refractivity contribution in [2.45, 2.75) is 19.0 Å². The summed E-state index contributed by atoms with van der Waals surface area (Å²) in [5.41, 5.74) is 0.154. The van der Waals surface area contributed by atoms with Crippen LogP contribution in [0.25, 0.3) is 0 Å². The molecule has 0 bridgehead atoms. The van der Waals surface area contributed by atoms with E-state index in [2.05, 4.69) is 4.90 Å². The van der Waals surface area contributed by atoms with Crippen LogP contribution in [0.3, 0.4) is 0 Å². The van der Waals surface area contributed by atoms with Crippen LogP contribution in [0.4, 0.5) is 18.9 Å². The fourth-order valence-corrected chi connectivity index (χ4v) is 2.54. The molecule has 0 unspecified atom stereocenters. The Morgan fingerprint density at radius 1 is 1.13 bits per heavy atom. The second-order valence-electron chi connectivity index (χ2n) is 5.37. The van der Waals surface area contributed by atoms with Crippen LogP contribution in [0, 0.1) is 0 Å². The average Bonchev–Trinajstić information content (AvgIpc) is 2.47. The SMILES string of the molecule is O=C(O)CCCN1CCN(c2ccc(C(F)(F)F)cc2)CC1.[H-].[Li+]. The van der Waals surface area contributed by atoms with E-state index in [9.17, 15) is 18.0 Å². The number of benzene rings is 1. The number of aliphatic carboxylic acids is 1. The second kappa shape index (κ2) is 8.62. The molecule has 8 heteroatoms. The van der Waals surface area contributed by atoms with Crippen molar-refractivity contribution in [1.82, 2.24) is 4.90 Å². The summed E-state index contributed by atoms with van der Waals surface area (Å²) >= 11 is 0. The van der Waals surface area contributed by atoms with Gasteiger partial charge in [-0.1, -0.05) is 0 Å². The van der Waals surface area contributed by atoms with Crippen LogP contribution in [0.5, 0.6) is 0 Å². The molecule has 1 aliphatic heterocycles. The minimum Gasteiger partial charge on any atom is -1.00 e. The Morgan fingerprint density at radius 3 is 2.17 bits per heavy atom. The van der Waals surface area contributed by atoms with E-state index in [-0.39, 0.29) is 26.7 Å². The maximum absolute atomic E-state index is 12.5. The molecule has 23 heavy (non-hydrogen) atoms. The van der Waals surface area contributed by atoms with Crippen LogP contribution in [0.15, 0.2) is 24.3 Å². The number of hydrogen-bond donors (Lipinski definition) is 1. The Morgan fingerprint density at radius 2 is 1.70 bits per heavy atom. The summed E-state index contributed by atoms with van der Waals surface area (Å²) in [7, 11) is 0. The predicted molar refractivity (Wildman–Crippen MR) is 78.1 cm³/mol. The van der Waals surface area contributed by atoms with E-state index in [1.807, 2.05) is 4.90 Å². The molecular weight excluding hydrogens is 304 g/mol. The number of carboxylic acids is 1. The maximum atomic E-state index is 12.5. The topological polar surface area (TPSA) is 43.8 Å². The molecule has 0 aliphatic carbocycles. The van der Waals surface area contributed by atoms with E-state index in [0.29, 0.717) is 6.42 Å². The zero-order chi connectivity index (χ0) is 16.2. The van der Waals surface area contributed by atoms with Crippen molar-refractivity contribution in [3.8, 4) is 0 Å². The normalized spacial score (nSPS) is 16.0. The van der Waals surface area contributed by atoms with Gasteiger partial charge in [-0.15, -0.1) is 0 Å². The third-order valence-corrected chi connectivity index (χ3v) is 3.80. The van der Waals surface area contributed by atoms with Crippen molar-refractivity contribution in [2.75, 3.05) is 37.6 Å². The molecule has 0 amide bonds. The predicted octanol–water partition coefficient (Wildman–Crippen LogP) is -0.191. The zero-order valence-corrected chi connectivity index (χ0v) is 13.1. The molecule has 0 spiro atoms. The minimum absolute atomic E-state index is 0. The molecule has 0 atom stereocenters. The molecule has 1 heterocycles. The van der Waals surface area contributed by atoms with Crippen molar-refractivity contribution >= 4 is 11.7 Å². The monoisotopic (exact) mass is 324 g/mol. The van der Waals surface area contributed by atoms with Gasteiger partial charge in [-0.3, -0.25) is 9.69 Å². The van der Waals surface area contributed by atoms with Gasteiger partial charge < -0.3 is 11.4 Å². The molecule has 0 radical (unpaired) electrons. The Balaban J connectivity index is 0.00000264. The van der Waals surface area contributed by atoms with E-state index in [1.54, 1.807) is 0 Å². The second-order valence-corrected chi connectivity index (χ2v) is 5.37. The molecule has 124 valence electrons. The number of carbonyl (C=O) groups is 1. The van der Waals surface area contributed by atoms with Crippen molar-refractivity contribution in [3.63, 3.8) is 0 Å². The third-order valence-electron chi connectivity index (χ3n) is 3.80. The van der Waals surface area contributed by atoms with Gasteiger partial charge in [0.2, 0.25) is 0 Å². The van der Waals surface area contributed by atoms with Crippen LogP contribution in [0.1, 0.15) is 19.8 Å². The van der Waals surface area contributed by atoms with E-state index < -0.39 is 17.7 Å². The van der Waals surface area contributed by atoms with Crippen LogP contribution in [-0.4, -0.2) is 48.7 Å². The average molecular weight is 324 g/mol. The van der Waals surface area contributed by atoms with Gasteiger partial charge >= 0.3 is 31.0 Å². The Kier molecular flexibility index (Phi) is 7.45. The molecule has 1 aliphatic rings. The molecule has 0 saturated carbocycles. The summed E-state index contributed by atoms with van der Waals surface area (Å²) < 4.78 is 37.6. The van der Waals surface area contributed by atoms with Crippen molar-refractivity contribution in [3.05, 3.63) is 29.8 Å². The quantitative estimate of drug-likeness (QED) is 0.763. The standard InChI is InChI=1S/C15H19F3N2O2.Li.H/c16-15(17,18)12-3-5-13(6-4-12)20-10-8-19(9-11-20)7-1-2-14(21)22;;/h3-6H,1-2,7-11H2,(H,21,22);;/q;+1;-1. The molecular formula is C15H20F3LiN2O2. The third kappa shape index (κ3) is 6.09. The molecule has 4 nitrogen and oxygen atoms in total. The Labute approximate surface area is 146 Å². The van der Waals surface area contributed by atoms with Crippen molar-refractivity contribution in [1.29, 1.82) is 0 Å². The van der Waals surface area contributed by atoms with Gasteiger partial charge in [0.15, 0.2) is 0 Å². The largest absolute Gasteiger partial charge is 1.00 e. The van der Waals surface area contributed by atoms with E-state index in [4.69, 9.17) is 5.11 Å². The summed E-state index contributed by atoms with van der Waals surface area (Å²) in [6.07, 6.45) is -3.52. The number of rotatable bonds is 5. The maximum Gasteiger partial charge on any atom is 1.00 e. The number of alkyl halides is 3. The summed E-state index contributed by atoms with van der Waals surface area (Å²) in [5, 5.41) is 8.61. The van der Waals surface area contributed by atoms with Gasteiger partial charge in [0.1, 0.15) is 0 Å². The van der Waals surface area contributed by atoms with E-state index in [1.165, 1.54) is 12.1 Å². The molecule has 1 fully saturated rings. The van der Waals surface area contributed by atoms with Crippen LogP contribution >= 0.6 is 0 Å². The number of piperazine rings is 1. The smallest absolute Gasteiger partial charge is 1.00 e. The number of nitrogens with zero attached hydrogens (tertiary/aromatic N) is 2. The molecule has 0 aromatic heterocycles. The summed E-state index contributed by atoms with van der Waals surface area (Å²) in [6, 6.07) is 5.22. The Bertz CT molecular complexity index is 506. The van der Waals surface area contributed by atoms with Crippen molar-refractivity contribution < 1.29 is 43.4 Å². The number of carboxylic acid groups (broad SMARTS) is 1. The van der Waals surface area contributed by atoms with Gasteiger partial charge in [0.25, 0.3) is 0 Å². The first kappa shape index (κ1) is 19.9. The van der Waals surface area contributed by atoms with Gasteiger partial charge in [0, 0.05) is 38.3 Å². The fraction of sp³-hybridized carbons (Fsp3) is 0.533. The van der Waals surface area contributed by atoms with Gasteiger partial charge in [-0.2, -0.15) is 13.2 Å². The first-order chi connectivity index (χ1) is 10.4. The summed E-state index contributed by atoms with van der Waals surface area (Å²) in [4.78, 5) is 14.7. The summed E-state index contributed by atoms with van der Waals surface area (Å²) in [6.45, 7) is 3.80. The minimum atomic E-state index is -4.30. The molecule has 1 aromatic carbocycles. The first-order valence-corrected chi connectivity index (χ1v) is 7.22. The van der Waals surface area contributed by atoms with Crippen LogP contribution in [-0.2, 0) is 11.0 Å². The van der Waals surface area contributed by atoms with Crippen LogP contribution < -0.4 is 23.8 Å². The number of hydrogen-bond acceptors (Lipinski definition) is 3. The van der Waals surface area contributed by atoms with Crippen LogP contribution in [0.2, 0.25) is 0 Å². The Hall–Kier alpha value is -1.16. The number of anilines is 1. The number of halogens is 3. The molecule has 1 N–H and O–H groups in total. The van der Waals surface area contributed by atoms with E-state index in [0.717, 1.165) is 50.5 Å². The molecule has 2 rings (SSSR count). The molecule has 1 aromatic rings. The molecule has 1 saturated heterocycles.